The number of rotatable bonds is 4. The van der Waals surface area contributed by atoms with Crippen LogP contribution in [0.4, 0.5) is 0 Å². The molecule has 0 amide bonds. The highest BCUT2D eigenvalue weighted by molar-refractivity contribution is 5.06. The number of ether oxygens (including phenoxy) is 1. The van der Waals surface area contributed by atoms with Gasteiger partial charge in [-0.25, -0.2) is 0 Å². The summed E-state index contributed by atoms with van der Waals surface area (Å²) in [4.78, 5) is 4.48. The van der Waals surface area contributed by atoms with Crippen LogP contribution in [0, 0.1) is 11.3 Å². The van der Waals surface area contributed by atoms with Crippen LogP contribution >= 0.6 is 0 Å². The van der Waals surface area contributed by atoms with Gasteiger partial charge in [-0.1, -0.05) is 25.9 Å². The van der Waals surface area contributed by atoms with Crippen LogP contribution in [0.15, 0.2) is 4.52 Å². The molecular weight excluding hydrogens is 242 g/mol. The first kappa shape index (κ1) is 14.5. The second-order valence-corrected chi connectivity index (χ2v) is 6.09. The molecule has 3 unspecified atom stereocenters. The highest BCUT2D eigenvalue weighted by atomic mass is 16.5. The third-order valence-electron chi connectivity index (χ3n) is 4.72. The average Bonchev–Trinajstić information content (AvgIpc) is 2.82. The van der Waals surface area contributed by atoms with Gasteiger partial charge in [-0.3, -0.25) is 0 Å². The molecule has 0 aliphatic heterocycles. The molecular formula is C14H25N3O2. The Morgan fingerprint density at radius 2 is 2.16 bits per heavy atom. The lowest BCUT2D eigenvalue weighted by Gasteiger charge is -2.45. The second-order valence-electron chi connectivity index (χ2n) is 6.09. The first-order valence-electron chi connectivity index (χ1n) is 7.12. The standard InChI is InChI=1S/C14H25N3O2/c1-5-18-8-12-16-13(19-17-12)10-6-7-11(15)9(2)14(10,3)4/h9-11H,5-8,15H2,1-4H3. The monoisotopic (exact) mass is 267 g/mol. The van der Waals surface area contributed by atoms with Crippen molar-refractivity contribution in [3.8, 4) is 0 Å². The molecule has 0 spiro atoms. The van der Waals surface area contributed by atoms with Crippen molar-refractivity contribution < 1.29 is 9.26 Å². The summed E-state index contributed by atoms with van der Waals surface area (Å²) < 4.78 is 10.7. The zero-order chi connectivity index (χ0) is 14.0. The van der Waals surface area contributed by atoms with Crippen molar-refractivity contribution in [1.82, 2.24) is 10.1 Å². The summed E-state index contributed by atoms with van der Waals surface area (Å²) in [5.74, 6) is 2.09. The first-order valence-corrected chi connectivity index (χ1v) is 7.12. The summed E-state index contributed by atoms with van der Waals surface area (Å²) in [6.45, 7) is 9.73. The minimum absolute atomic E-state index is 0.0765. The van der Waals surface area contributed by atoms with Crippen molar-refractivity contribution >= 4 is 0 Å². The molecule has 0 bridgehead atoms. The van der Waals surface area contributed by atoms with E-state index in [4.69, 9.17) is 15.0 Å². The van der Waals surface area contributed by atoms with Gasteiger partial charge in [-0.2, -0.15) is 4.98 Å². The molecule has 0 aromatic carbocycles. The van der Waals surface area contributed by atoms with Gasteiger partial charge in [-0.05, 0) is 31.1 Å². The molecule has 2 rings (SSSR count). The number of nitrogens with two attached hydrogens (primary N) is 1. The fourth-order valence-corrected chi connectivity index (χ4v) is 2.95. The molecule has 1 saturated carbocycles. The van der Waals surface area contributed by atoms with Gasteiger partial charge in [0.15, 0.2) is 5.82 Å². The topological polar surface area (TPSA) is 74.2 Å². The van der Waals surface area contributed by atoms with Crippen molar-refractivity contribution in [2.75, 3.05) is 6.61 Å². The third-order valence-corrected chi connectivity index (χ3v) is 4.72. The predicted octanol–water partition coefficient (Wildman–Crippen LogP) is 2.47. The van der Waals surface area contributed by atoms with Crippen LogP contribution in [0.3, 0.4) is 0 Å². The fourth-order valence-electron chi connectivity index (χ4n) is 2.95. The summed E-state index contributed by atoms with van der Waals surface area (Å²) in [5, 5.41) is 4.00. The Labute approximate surface area is 114 Å². The van der Waals surface area contributed by atoms with Crippen LogP contribution in [0.2, 0.25) is 0 Å². The van der Waals surface area contributed by atoms with Crippen molar-refractivity contribution in [3.05, 3.63) is 11.7 Å². The van der Waals surface area contributed by atoms with Gasteiger partial charge < -0.3 is 15.0 Å². The summed E-state index contributed by atoms with van der Waals surface area (Å²) in [7, 11) is 0. The lowest BCUT2D eigenvalue weighted by molar-refractivity contribution is 0.0805. The molecule has 0 saturated heterocycles. The van der Waals surface area contributed by atoms with Crippen LogP contribution in [0.5, 0.6) is 0 Å². The Bertz CT molecular complexity index is 417. The lowest BCUT2D eigenvalue weighted by Crippen LogP contribution is -2.45. The Morgan fingerprint density at radius 1 is 1.42 bits per heavy atom. The van der Waals surface area contributed by atoms with Crippen molar-refractivity contribution in [2.45, 2.75) is 59.1 Å². The molecule has 108 valence electrons. The van der Waals surface area contributed by atoms with E-state index in [1.54, 1.807) is 0 Å². The van der Waals surface area contributed by atoms with Crippen LogP contribution in [0.25, 0.3) is 0 Å². The van der Waals surface area contributed by atoms with Gasteiger partial charge in [0.2, 0.25) is 5.89 Å². The highest BCUT2D eigenvalue weighted by Crippen LogP contribution is 2.49. The van der Waals surface area contributed by atoms with Crippen LogP contribution in [-0.4, -0.2) is 22.8 Å². The quantitative estimate of drug-likeness (QED) is 0.907. The van der Waals surface area contributed by atoms with E-state index >= 15 is 0 Å². The maximum atomic E-state index is 6.18. The molecule has 1 heterocycles. The highest BCUT2D eigenvalue weighted by Gasteiger charge is 2.44. The Balaban J connectivity index is 2.14. The van der Waals surface area contributed by atoms with Crippen molar-refractivity contribution in [3.63, 3.8) is 0 Å². The summed E-state index contributed by atoms with van der Waals surface area (Å²) in [6.07, 6.45) is 2.02. The molecule has 1 aromatic heterocycles. The molecule has 3 atom stereocenters. The van der Waals surface area contributed by atoms with Crippen LogP contribution < -0.4 is 5.73 Å². The number of hydrogen-bond donors (Lipinski definition) is 1. The maximum absolute atomic E-state index is 6.18. The molecule has 1 fully saturated rings. The Hall–Kier alpha value is -0.940. The summed E-state index contributed by atoms with van der Waals surface area (Å²) in [6, 6.07) is 0.261. The predicted molar refractivity (Wildman–Crippen MR) is 72.5 cm³/mol. The van der Waals surface area contributed by atoms with Gasteiger partial charge >= 0.3 is 0 Å². The van der Waals surface area contributed by atoms with E-state index in [1.165, 1.54) is 0 Å². The van der Waals surface area contributed by atoms with E-state index in [1.807, 2.05) is 6.92 Å². The van der Waals surface area contributed by atoms with E-state index in [2.05, 4.69) is 30.9 Å². The number of hydrogen-bond acceptors (Lipinski definition) is 5. The normalized spacial score (nSPS) is 30.5. The molecule has 5 heteroatoms. The maximum Gasteiger partial charge on any atom is 0.230 e. The van der Waals surface area contributed by atoms with Gasteiger partial charge in [0, 0.05) is 18.6 Å². The molecule has 1 aliphatic carbocycles. The van der Waals surface area contributed by atoms with E-state index < -0.39 is 0 Å². The molecule has 1 aliphatic rings. The second kappa shape index (κ2) is 5.59. The van der Waals surface area contributed by atoms with Gasteiger partial charge in [0.1, 0.15) is 6.61 Å². The van der Waals surface area contributed by atoms with Crippen LogP contribution in [-0.2, 0) is 11.3 Å². The number of aromatic nitrogens is 2. The Morgan fingerprint density at radius 3 is 2.84 bits per heavy atom. The van der Waals surface area contributed by atoms with E-state index in [0.717, 1.165) is 18.7 Å². The van der Waals surface area contributed by atoms with E-state index in [-0.39, 0.29) is 17.4 Å². The zero-order valence-electron chi connectivity index (χ0n) is 12.3. The van der Waals surface area contributed by atoms with E-state index in [9.17, 15) is 0 Å². The van der Waals surface area contributed by atoms with Gasteiger partial charge in [-0.15, -0.1) is 0 Å². The Kier molecular flexibility index (Phi) is 4.26. The SMILES string of the molecule is CCOCc1noc(C2CCC(N)C(C)C2(C)C)n1. The van der Waals surface area contributed by atoms with Crippen LogP contribution in [0.1, 0.15) is 58.2 Å². The van der Waals surface area contributed by atoms with Gasteiger partial charge in [0.25, 0.3) is 0 Å². The van der Waals surface area contributed by atoms with Gasteiger partial charge in [0.05, 0.1) is 0 Å². The van der Waals surface area contributed by atoms with Crippen molar-refractivity contribution in [1.29, 1.82) is 0 Å². The lowest BCUT2D eigenvalue weighted by atomic mass is 9.61. The minimum Gasteiger partial charge on any atom is -0.374 e. The largest absolute Gasteiger partial charge is 0.374 e. The molecule has 0 radical (unpaired) electrons. The minimum atomic E-state index is 0.0765. The molecule has 1 aromatic rings. The zero-order valence-corrected chi connectivity index (χ0v) is 12.3. The fraction of sp³-hybridized carbons (Fsp3) is 0.857. The summed E-state index contributed by atoms with van der Waals surface area (Å²) in [5.41, 5.74) is 6.25. The third kappa shape index (κ3) is 2.82. The first-order chi connectivity index (χ1) is 8.96. The average molecular weight is 267 g/mol. The van der Waals surface area contributed by atoms with E-state index in [0.29, 0.717) is 25.0 Å². The molecule has 2 N–H and O–H groups in total. The smallest absolute Gasteiger partial charge is 0.230 e. The molecule has 19 heavy (non-hydrogen) atoms. The summed E-state index contributed by atoms with van der Waals surface area (Å²) >= 11 is 0. The molecule has 5 nitrogen and oxygen atoms in total. The van der Waals surface area contributed by atoms with Crippen molar-refractivity contribution in [2.24, 2.45) is 17.1 Å². The number of nitrogens with zero attached hydrogens (tertiary/aromatic N) is 2.